The molecule has 4 rings (SSSR count). The molecule has 2 amide bonds. The van der Waals surface area contributed by atoms with Gasteiger partial charge in [0.2, 0.25) is 6.79 Å². The van der Waals surface area contributed by atoms with Crippen LogP contribution in [0.25, 0.3) is 10.8 Å². The number of hydrogen-bond acceptors (Lipinski definition) is 4. The van der Waals surface area contributed by atoms with Crippen molar-refractivity contribution in [3.63, 3.8) is 0 Å². The number of anilines is 1. The Morgan fingerprint density at radius 2 is 1.85 bits per heavy atom. The van der Waals surface area contributed by atoms with Crippen molar-refractivity contribution in [2.45, 2.75) is 12.5 Å². The van der Waals surface area contributed by atoms with E-state index in [9.17, 15) is 9.90 Å². The summed E-state index contributed by atoms with van der Waals surface area (Å²) in [7, 11) is 0. The van der Waals surface area contributed by atoms with Gasteiger partial charge in [0, 0.05) is 18.3 Å². The van der Waals surface area contributed by atoms with E-state index < -0.39 is 6.10 Å². The molecule has 0 aromatic heterocycles. The Balaban J connectivity index is 1.32. The van der Waals surface area contributed by atoms with Crippen molar-refractivity contribution < 1.29 is 19.4 Å². The molecule has 1 aliphatic heterocycles. The minimum atomic E-state index is -0.651. The van der Waals surface area contributed by atoms with E-state index in [1.807, 2.05) is 42.5 Å². The highest BCUT2D eigenvalue weighted by atomic mass is 16.7. The molecule has 0 saturated carbocycles. The summed E-state index contributed by atoms with van der Waals surface area (Å²) in [4.78, 5) is 12.1. The maximum Gasteiger partial charge on any atom is 0.319 e. The fraction of sp³-hybridized carbons (Fsp3) is 0.190. The number of benzene rings is 3. The normalized spacial score (nSPS) is 13.4. The molecule has 1 aliphatic rings. The number of fused-ring (bicyclic) bond motifs is 2. The lowest BCUT2D eigenvalue weighted by atomic mass is 9.99. The predicted octanol–water partition coefficient (Wildman–Crippen LogP) is 3.81. The van der Waals surface area contributed by atoms with Crippen LogP contribution in [0.5, 0.6) is 11.5 Å². The molecule has 0 radical (unpaired) electrons. The topological polar surface area (TPSA) is 79.8 Å². The van der Waals surface area contributed by atoms with Crippen LogP contribution >= 0.6 is 0 Å². The van der Waals surface area contributed by atoms with E-state index in [1.54, 1.807) is 18.2 Å². The third kappa shape index (κ3) is 3.80. The number of ether oxygens (including phenoxy) is 2. The smallest absolute Gasteiger partial charge is 0.319 e. The summed E-state index contributed by atoms with van der Waals surface area (Å²) in [6.07, 6.45) is -0.232. The maximum atomic E-state index is 12.1. The summed E-state index contributed by atoms with van der Waals surface area (Å²) in [6, 6.07) is 18.7. The van der Waals surface area contributed by atoms with Crippen LogP contribution in [0.2, 0.25) is 0 Å². The molecule has 0 bridgehead atoms. The Morgan fingerprint density at radius 1 is 1.04 bits per heavy atom. The van der Waals surface area contributed by atoms with Crippen molar-refractivity contribution in [2.75, 3.05) is 18.7 Å². The molecule has 138 valence electrons. The monoisotopic (exact) mass is 364 g/mol. The Bertz CT molecular complexity index is 968. The fourth-order valence-electron chi connectivity index (χ4n) is 3.17. The molecule has 1 unspecified atom stereocenters. The van der Waals surface area contributed by atoms with E-state index in [0.717, 1.165) is 16.3 Å². The highest BCUT2D eigenvalue weighted by molar-refractivity contribution is 5.89. The molecule has 1 heterocycles. The van der Waals surface area contributed by atoms with Gasteiger partial charge in [0.15, 0.2) is 11.5 Å². The molecule has 27 heavy (non-hydrogen) atoms. The van der Waals surface area contributed by atoms with Crippen molar-refractivity contribution in [1.29, 1.82) is 0 Å². The average molecular weight is 364 g/mol. The van der Waals surface area contributed by atoms with Gasteiger partial charge in [-0.3, -0.25) is 0 Å². The molecule has 6 nitrogen and oxygen atoms in total. The third-order valence-electron chi connectivity index (χ3n) is 4.52. The second-order valence-electron chi connectivity index (χ2n) is 6.32. The zero-order valence-electron chi connectivity index (χ0n) is 14.6. The van der Waals surface area contributed by atoms with E-state index in [4.69, 9.17) is 9.47 Å². The summed E-state index contributed by atoms with van der Waals surface area (Å²) in [5, 5.41) is 18.1. The SMILES string of the molecule is O=C(NCCC(O)c1cccc2ccccc12)Nc1ccc2c(c1)OCO2. The number of carbonyl (C=O) groups excluding carboxylic acids is 1. The van der Waals surface area contributed by atoms with Crippen molar-refractivity contribution in [3.8, 4) is 11.5 Å². The van der Waals surface area contributed by atoms with Gasteiger partial charge in [-0.25, -0.2) is 4.79 Å². The third-order valence-corrected chi connectivity index (χ3v) is 4.52. The zero-order chi connectivity index (χ0) is 18.6. The number of aliphatic hydroxyl groups is 1. The van der Waals surface area contributed by atoms with Crippen LogP contribution in [0.1, 0.15) is 18.1 Å². The van der Waals surface area contributed by atoms with Crippen LogP contribution in [0.3, 0.4) is 0 Å². The highest BCUT2D eigenvalue weighted by Crippen LogP contribution is 2.34. The Kier molecular flexibility index (Phi) is 4.80. The van der Waals surface area contributed by atoms with Gasteiger partial charge < -0.3 is 25.2 Å². The standard InChI is InChI=1S/C21H20N2O4/c24-18(17-7-3-5-14-4-1-2-6-16(14)17)10-11-22-21(25)23-15-8-9-19-20(12-15)27-13-26-19/h1-9,12,18,24H,10-11,13H2,(H2,22,23,25). The number of aliphatic hydroxyl groups excluding tert-OH is 1. The fourth-order valence-corrected chi connectivity index (χ4v) is 3.17. The van der Waals surface area contributed by atoms with Gasteiger partial charge in [0.1, 0.15) is 0 Å². The largest absolute Gasteiger partial charge is 0.454 e. The minimum Gasteiger partial charge on any atom is -0.454 e. The Hall–Kier alpha value is -3.25. The summed E-state index contributed by atoms with van der Waals surface area (Å²) in [5.41, 5.74) is 1.48. The van der Waals surface area contributed by atoms with Crippen molar-refractivity contribution in [2.24, 2.45) is 0 Å². The average Bonchev–Trinajstić information content (AvgIpc) is 3.15. The summed E-state index contributed by atoms with van der Waals surface area (Å²) in [5.74, 6) is 1.28. The highest BCUT2D eigenvalue weighted by Gasteiger charge is 2.15. The van der Waals surface area contributed by atoms with Crippen LogP contribution in [0, 0.1) is 0 Å². The van der Waals surface area contributed by atoms with Gasteiger partial charge in [0.05, 0.1) is 6.10 Å². The van der Waals surface area contributed by atoms with Crippen LogP contribution in [-0.4, -0.2) is 24.5 Å². The first-order chi connectivity index (χ1) is 13.2. The van der Waals surface area contributed by atoms with Crippen LogP contribution in [-0.2, 0) is 0 Å². The molecule has 0 spiro atoms. The maximum absolute atomic E-state index is 12.1. The zero-order valence-corrected chi connectivity index (χ0v) is 14.6. The lowest BCUT2D eigenvalue weighted by molar-refractivity contribution is 0.169. The number of nitrogens with one attached hydrogen (secondary N) is 2. The molecular formula is C21H20N2O4. The number of rotatable bonds is 5. The van der Waals surface area contributed by atoms with Crippen molar-refractivity contribution in [1.82, 2.24) is 5.32 Å². The van der Waals surface area contributed by atoms with Gasteiger partial charge in [-0.2, -0.15) is 0 Å². The Labute approximate surface area is 156 Å². The summed E-state index contributed by atoms with van der Waals surface area (Å²) < 4.78 is 10.5. The second-order valence-corrected chi connectivity index (χ2v) is 6.32. The predicted molar refractivity (Wildman–Crippen MR) is 103 cm³/mol. The van der Waals surface area contributed by atoms with E-state index in [-0.39, 0.29) is 12.8 Å². The molecule has 6 heteroatoms. The van der Waals surface area contributed by atoms with Crippen molar-refractivity contribution in [3.05, 3.63) is 66.2 Å². The summed E-state index contributed by atoms with van der Waals surface area (Å²) in [6.45, 7) is 0.539. The van der Waals surface area contributed by atoms with Crippen molar-refractivity contribution >= 4 is 22.5 Å². The van der Waals surface area contributed by atoms with Gasteiger partial charge in [-0.15, -0.1) is 0 Å². The van der Waals surface area contributed by atoms with Crippen LogP contribution in [0.4, 0.5) is 10.5 Å². The van der Waals surface area contributed by atoms with E-state index in [1.165, 1.54) is 0 Å². The first-order valence-corrected chi connectivity index (χ1v) is 8.81. The number of amides is 2. The number of urea groups is 1. The molecule has 3 aromatic rings. The Morgan fingerprint density at radius 3 is 2.78 bits per heavy atom. The van der Waals surface area contributed by atoms with Gasteiger partial charge >= 0.3 is 6.03 Å². The summed E-state index contributed by atoms with van der Waals surface area (Å²) >= 11 is 0. The van der Waals surface area contributed by atoms with E-state index >= 15 is 0 Å². The minimum absolute atomic E-state index is 0.192. The van der Waals surface area contributed by atoms with Gasteiger partial charge in [-0.05, 0) is 34.9 Å². The second kappa shape index (κ2) is 7.55. The first kappa shape index (κ1) is 17.2. The van der Waals surface area contributed by atoms with Crippen LogP contribution in [0.15, 0.2) is 60.7 Å². The molecule has 3 aromatic carbocycles. The van der Waals surface area contributed by atoms with E-state index in [0.29, 0.717) is 30.2 Å². The van der Waals surface area contributed by atoms with Gasteiger partial charge in [-0.1, -0.05) is 42.5 Å². The molecule has 3 N–H and O–H groups in total. The number of hydrogen-bond donors (Lipinski definition) is 3. The molecular weight excluding hydrogens is 344 g/mol. The quantitative estimate of drug-likeness (QED) is 0.643. The molecule has 1 atom stereocenters. The van der Waals surface area contributed by atoms with Crippen LogP contribution < -0.4 is 20.1 Å². The first-order valence-electron chi connectivity index (χ1n) is 8.81. The van der Waals surface area contributed by atoms with Gasteiger partial charge in [0.25, 0.3) is 0 Å². The van der Waals surface area contributed by atoms with E-state index in [2.05, 4.69) is 10.6 Å². The molecule has 0 saturated heterocycles. The lowest BCUT2D eigenvalue weighted by Crippen LogP contribution is -2.30. The lowest BCUT2D eigenvalue weighted by Gasteiger charge is -2.14. The number of carbonyl (C=O) groups is 1. The molecule has 0 fully saturated rings. The molecule has 0 aliphatic carbocycles.